The van der Waals surface area contributed by atoms with Gasteiger partial charge in [0.25, 0.3) is 0 Å². The number of nitrogens with two attached hydrogens (primary N) is 1. The molecule has 0 amide bonds. The molecule has 0 radical (unpaired) electrons. The van der Waals surface area contributed by atoms with Crippen LogP contribution in [0.25, 0.3) is 0 Å². The van der Waals surface area contributed by atoms with E-state index in [9.17, 15) is 0 Å². The van der Waals surface area contributed by atoms with Gasteiger partial charge in [-0.2, -0.15) is 5.10 Å². The second-order valence-corrected chi connectivity index (χ2v) is 6.72. The third-order valence-corrected chi connectivity index (χ3v) is 5.10. The second kappa shape index (κ2) is 7.97. The van der Waals surface area contributed by atoms with Crippen molar-refractivity contribution in [2.75, 3.05) is 0 Å². The minimum atomic E-state index is 0.147. The quantitative estimate of drug-likeness (QED) is 0.795. The van der Waals surface area contributed by atoms with Crippen molar-refractivity contribution in [3.05, 3.63) is 38.8 Å². The Morgan fingerprint density at radius 1 is 1.43 bits per heavy atom. The molecule has 0 saturated heterocycles. The van der Waals surface area contributed by atoms with E-state index in [1.165, 1.54) is 4.88 Å². The zero-order chi connectivity index (χ0) is 15.2. The Morgan fingerprint density at radius 2 is 2.24 bits per heavy atom. The minimum Gasteiger partial charge on any atom is -0.327 e. The molecule has 2 aromatic rings. The summed E-state index contributed by atoms with van der Waals surface area (Å²) in [7, 11) is 0. The van der Waals surface area contributed by atoms with Gasteiger partial charge in [-0.05, 0) is 44.1 Å². The van der Waals surface area contributed by atoms with Gasteiger partial charge >= 0.3 is 0 Å². The van der Waals surface area contributed by atoms with Crippen LogP contribution in [0.1, 0.15) is 43.0 Å². The molecule has 116 valence electrons. The number of nitrogens with zero attached hydrogens (tertiary/aromatic N) is 2. The smallest absolute Gasteiger partial charge is 0.0850 e. The maximum atomic E-state index is 6.43. The van der Waals surface area contributed by atoms with Crippen LogP contribution >= 0.6 is 22.9 Å². The van der Waals surface area contributed by atoms with Crippen LogP contribution < -0.4 is 5.73 Å². The molecule has 0 aromatic carbocycles. The molecule has 3 nitrogen and oxygen atoms in total. The molecule has 2 heterocycles. The fraction of sp³-hybridized carbons (Fsp3) is 0.562. The largest absolute Gasteiger partial charge is 0.327 e. The molecular weight excluding hydrogens is 302 g/mol. The number of aromatic nitrogens is 2. The van der Waals surface area contributed by atoms with E-state index in [2.05, 4.69) is 36.5 Å². The first-order valence-corrected chi connectivity index (χ1v) is 8.93. The first kappa shape index (κ1) is 16.5. The van der Waals surface area contributed by atoms with Crippen molar-refractivity contribution in [2.24, 2.45) is 5.73 Å². The Morgan fingerprint density at radius 3 is 2.86 bits per heavy atom. The van der Waals surface area contributed by atoms with Crippen LogP contribution in [0.3, 0.4) is 0 Å². The fourth-order valence-corrected chi connectivity index (χ4v) is 3.65. The molecule has 2 N–H and O–H groups in total. The van der Waals surface area contributed by atoms with Crippen LogP contribution in [-0.4, -0.2) is 15.8 Å². The van der Waals surface area contributed by atoms with Crippen molar-refractivity contribution in [3.63, 3.8) is 0 Å². The third kappa shape index (κ3) is 4.31. The highest BCUT2D eigenvalue weighted by molar-refractivity contribution is 7.09. The molecule has 0 fully saturated rings. The number of hydrogen-bond donors (Lipinski definition) is 1. The average Bonchev–Trinajstić information content (AvgIpc) is 3.08. The molecule has 2 rings (SSSR count). The number of aryl methyl sites for hydroxylation is 3. The number of hydrogen-bond acceptors (Lipinski definition) is 3. The van der Waals surface area contributed by atoms with Gasteiger partial charge in [0.2, 0.25) is 0 Å². The summed E-state index contributed by atoms with van der Waals surface area (Å²) in [5.41, 5.74) is 8.37. The molecule has 0 bridgehead atoms. The predicted molar refractivity (Wildman–Crippen MR) is 91.2 cm³/mol. The summed E-state index contributed by atoms with van der Waals surface area (Å²) in [5.74, 6) is 0. The standard InChI is InChI=1S/C16H24ClN3S/c1-3-14-16(17)15(20(4-2)19-14)11-12(18)7-5-8-13-9-6-10-21-13/h6,9-10,12H,3-5,7-8,11,18H2,1-2H3. The van der Waals surface area contributed by atoms with Crippen LogP contribution in [0, 0.1) is 0 Å². The van der Waals surface area contributed by atoms with Crippen LogP contribution in [-0.2, 0) is 25.8 Å². The van der Waals surface area contributed by atoms with Gasteiger partial charge in [0, 0.05) is 23.9 Å². The topological polar surface area (TPSA) is 43.8 Å². The van der Waals surface area contributed by atoms with Crippen LogP contribution in [0.4, 0.5) is 0 Å². The number of halogens is 1. The number of thiophene rings is 1. The first-order valence-electron chi connectivity index (χ1n) is 7.67. The van der Waals surface area contributed by atoms with Gasteiger partial charge in [-0.1, -0.05) is 24.6 Å². The summed E-state index contributed by atoms with van der Waals surface area (Å²) in [4.78, 5) is 1.44. The van der Waals surface area contributed by atoms with Crippen molar-refractivity contribution in [1.82, 2.24) is 9.78 Å². The zero-order valence-corrected chi connectivity index (χ0v) is 14.4. The molecule has 1 unspecified atom stereocenters. The maximum absolute atomic E-state index is 6.43. The molecule has 0 saturated carbocycles. The normalized spacial score (nSPS) is 12.8. The van der Waals surface area contributed by atoms with E-state index in [0.717, 1.165) is 55.1 Å². The van der Waals surface area contributed by atoms with Crippen molar-refractivity contribution in [1.29, 1.82) is 0 Å². The van der Waals surface area contributed by atoms with Crippen LogP contribution in [0.15, 0.2) is 17.5 Å². The van der Waals surface area contributed by atoms with E-state index in [0.29, 0.717) is 0 Å². The van der Waals surface area contributed by atoms with Gasteiger partial charge in [0.15, 0.2) is 0 Å². The predicted octanol–water partition coefficient (Wildman–Crippen LogP) is 4.07. The van der Waals surface area contributed by atoms with Gasteiger partial charge < -0.3 is 5.73 Å². The Bertz CT molecular complexity index is 548. The average molecular weight is 326 g/mol. The second-order valence-electron chi connectivity index (χ2n) is 5.31. The number of rotatable bonds is 8. The Balaban J connectivity index is 1.89. The fourth-order valence-electron chi connectivity index (χ4n) is 2.56. The summed E-state index contributed by atoms with van der Waals surface area (Å²) in [6.07, 6.45) is 4.94. The van der Waals surface area contributed by atoms with E-state index >= 15 is 0 Å². The third-order valence-electron chi connectivity index (χ3n) is 3.73. The lowest BCUT2D eigenvalue weighted by Gasteiger charge is -2.12. The summed E-state index contributed by atoms with van der Waals surface area (Å²) in [6, 6.07) is 4.44. The minimum absolute atomic E-state index is 0.147. The summed E-state index contributed by atoms with van der Waals surface area (Å²) in [6.45, 7) is 5.02. The lowest BCUT2D eigenvalue weighted by Crippen LogP contribution is -2.24. The SMILES string of the molecule is CCc1nn(CC)c(CC(N)CCCc2cccs2)c1Cl. The molecule has 2 aromatic heterocycles. The van der Waals surface area contributed by atoms with Crippen molar-refractivity contribution < 1.29 is 0 Å². The molecule has 0 spiro atoms. The van der Waals surface area contributed by atoms with E-state index in [1.54, 1.807) is 0 Å². The van der Waals surface area contributed by atoms with Crippen molar-refractivity contribution in [2.45, 2.75) is 58.5 Å². The van der Waals surface area contributed by atoms with E-state index < -0.39 is 0 Å². The van der Waals surface area contributed by atoms with Crippen LogP contribution in [0.2, 0.25) is 5.02 Å². The van der Waals surface area contributed by atoms with Crippen molar-refractivity contribution in [3.8, 4) is 0 Å². The maximum Gasteiger partial charge on any atom is 0.0850 e. The highest BCUT2D eigenvalue weighted by Crippen LogP contribution is 2.23. The monoisotopic (exact) mass is 325 g/mol. The van der Waals surface area contributed by atoms with Gasteiger partial charge in [0.1, 0.15) is 0 Å². The zero-order valence-electron chi connectivity index (χ0n) is 12.8. The molecule has 0 aliphatic rings. The molecule has 1 atom stereocenters. The van der Waals surface area contributed by atoms with E-state index in [4.69, 9.17) is 17.3 Å². The van der Waals surface area contributed by atoms with Crippen molar-refractivity contribution >= 4 is 22.9 Å². The summed E-state index contributed by atoms with van der Waals surface area (Å²) in [5, 5.41) is 7.49. The highest BCUT2D eigenvalue weighted by atomic mass is 35.5. The first-order chi connectivity index (χ1) is 10.2. The van der Waals surface area contributed by atoms with Crippen LogP contribution in [0.5, 0.6) is 0 Å². The van der Waals surface area contributed by atoms with Gasteiger partial charge in [0.05, 0.1) is 16.4 Å². The summed E-state index contributed by atoms with van der Waals surface area (Å²) >= 11 is 8.25. The van der Waals surface area contributed by atoms with Gasteiger partial charge in [-0.3, -0.25) is 4.68 Å². The Hall–Kier alpha value is -0.840. The van der Waals surface area contributed by atoms with E-state index in [1.807, 2.05) is 16.0 Å². The summed E-state index contributed by atoms with van der Waals surface area (Å²) < 4.78 is 2.00. The van der Waals surface area contributed by atoms with E-state index in [-0.39, 0.29) is 6.04 Å². The Kier molecular flexibility index (Phi) is 6.27. The highest BCUT2D eigenvalue weighted by Gasteiger charge is 2.16. The molecular formula is C16H24ClN3S. The lowest BCUT2D eigenvalue weighted by atomic mass is 10.0. The molecule has 0 aliphatic heterocycles. The lowest BCUT2D eigenvalue weighted by molar-refractivity contribution is 0.540. The van der Waals surface area contributed by atoms with Gasteiger partial charge in [-0.25, -0.2) is 0 Å². The molecule has 21 heavy (non-hydrogen) atoms. The molecule has 5 heteroatoms. The Labute approximate surface area is 136 Å². The molecule has 0 aliphatic carbocycles. The van der Waals surface area contributed by atoms with Gasteiger partial charge in [-0.15, -0.1) is 11.3 Å².